The van der Waals surface area contributed by atoms with E-state index in [1.54, 1.807) is 4.90 Å². The average molecular weight is 241 g/mol. The van der Waals surface area contributed by atoms with Crippen LogP contribution in [0.5, 0.6) is 0 Å². The number of hydrogen-bond donors (Lipinski definition) is 1. The molecule has 4 nitrogen and oxygen atoms in total. The number of amides is 1. The van der Waals surface area contributed by atoms with Gasteiger partial charge in [-0.1, -0.05) is 6.92 Å². The third kappa shape index (κ3) is 3.02. The second-order valence-corrected chi connectivity index (χ2v) is 4.79. The molecule has 0 aliphatic carbocycles. The molecular weight excluding hydrogens is 222 g/mol. The van der Waals surface area contributed by atoms with E-state index in [0.717, 1.165) is 28.5 Å². The van der Waals surface area contributed by atoms with Crippen molar-refractivity contribution in [2.75, 3.05) is 27.2 Å². The average Bonchev–Trinajstić information content (AvgIpc) is 2.66. The van der Waals surface area contributed by atoms with Crippen molar-refractivity contribution in [2.24, 2.45) is 0 Å². The van der Waals surface area contributed by atoms with Crippen LogP contribution in [0.25, 0.3) is 0 Å². The van der Waals surface area contributed by atoms with Crippen LogP contribution in [-0.2, 0) is 6.42 Å². The van der Waals surface area contributed by atoms with Crippen LogP contribution in [0.2, 0.25) is 0 Å². The standard InChI is InChI=1S/C11H19N3OS/c1-5-9-13-8(2)10(16-9)11(15)14(4)7-6-12-3/h12H,5-7H2,1-4H3. The molecule has 5 heteroatoms. The van der Waals surface area contributed by atoms with E-state index in [2.05, 4.69) is 17.2 Å². The molecule has 1 heterocycles. The molecule has 16 heavy (non-hydrogen) atoms. The largest absolute Gasteiger partial charge is 0.340 e. The molecule has 1 amide bonds. The first-order chi connectivity index (χ1) is 7.60. The number of rotatable bonds is 5. The summed E-state index contributed by atoms with van der Waals surface area (Å²) in [7, 11) is 3.70. The Kier molecular flexibility index (Phi) is 4.89. The Hall–Kier alpha value is -0.940. The summed E-state index contributed by atoms with van der Waals surface area (Å²) >= 11 is 1.51. The van der Waals surface area contributed by atoms with E-state index in [1.165, 1.54) is 11.3 Å². The molecule has 0 radical (unpaired) electrons. The van der Waals surface area contributed by atoms with Crippen molar-refractivity contribution >= 4 is 17.2 Å². The first-order valence-corrected chi connectivity index (χ1v) is 6.28. The van der Waals surface area contributed by atoms with Crippen LogP contribution >= 0.6 is 11.3 Å². The lowest BCUT2D eigenvalue weighted by atomic mass is 10.3. The van der Waals surface area contributed by atoms with Gasteiger partial charge >= 0.3 is 0 Å². The van der Waals surface area contributed by atoms with Crippen LogP contribution in [0, 0.1) is 6.92 Å². The second-order valence-electron chi connectivity index (χ2n) is 3.71. The molecule has 90 valence electrons. The van der Waals surface area contributed by atoms with Crippen molar-refractivity contribution in [3.05, 3.63) is 15.6 Å². The number of nitrogens with one attached hydrogen (secondary N) is 1. The molecule has 1 aromatic heterocycles. The first kappa shape index (κ1) is 13.1. The number of aryl methyl sites for hydroxylation is 2. The Labute approximate surface area is 101 Å². The summed E-state index contributed by atoms with van der Waals surface area (Å²) in [5, 5.41) is 4.06. The molecular formula is C11H19N3OS. The lowest BCUT2D eigenvalue weighted by Gasteiger charge is -2.15. The predicted molar refractivity (Wildman–Crippen MR) is 67.1 cm³/mol. The van der Waals surface area contributed by atoms with Gasteiger partial charge < -0.3 is 10.2 Å². The summed E-state index contributed by atoms with van der Waals surface area (Å²) in [6.45, 7) is 5.47. The highest BCUT2D eigenvalue weighted by molar-refractivity contribution is 7.13. The molecule has 0 fully saturated rings. The molecule has 0 aliphatic rings. The lowest BCUT2D eigenvalue weighted by Crippen LogP contribution is -2.32. The summed E-state index contributed by atoms with van der Waals surface area (Å²) in [5.74, 6) is 0.0740. The molecule has 0 bridgehead atoms. The van der Waals surface area contributed by atoms with Gasteiger partial charge in [0.1, 0.15) is 4.88 Å². The van der Waals surface area contributed by atoms with E-state index < -0.39 is 0 Å². The van der Waals surface area contributed by atoms with Gasteiger partial charge in [-0.15, -0.1) is 11.3 Å². The summed E-state index contributed by atoms with van der Waals surface area (Å²) in [5.41, 5.74) is 0.850. The van der Waals surface area contributed by atoms with Gasteiger partial charge in [0.2, 0.25) is 0 Å². The molecule has 1 rings (SSSR count). The zero-order valence-electron chi connectivity index (χ0n) is 10.3. The maximum Gasteiger partial charge on any atom is 0.265 e. The van der Waals surface area contributed by atoms with E-state index in [-0.39, 0.29) is 5.91 Å². The number of likely N-dealkylation sites (N-methyl/N-ethyl adjacent to an activating group) is 2. The summed E-state index contributed by atoms with van der Waals surface area (Å²) in [6, 6.07) is 0. The molecule has 1 N–H and O–H groups in total. The third-order valence-electron chi connectivity index (χ3n) is 2.38. The van der Waals surface area contributed by atoms with Crippen LogP contribution in [0.4, 0.5) is 0 Å². The number of thiazole rings is 1. The van der Waals surface area contributed by atoms with Crippen molar-refractivity contribution in [3.63, 3.8) is 0 Å². The van der Waals surface area contributed by atoms with Gasteiger partial charge in [0.25, 0.3) is 5.91 Å². The fraction of sp³-hybridized carbons (Fsp3) is 0.636. The first-order valence-electron chi connectivity index (χ1n) is 5.46. The molecule has 0 spiro atoms. The molecule has 1 aromatic rings. The quantitative estimate of drug-likeness (QED) is 0.845. The Morgan fingerprint density at radius 1 is 1.56 bits per heavy atom. The molecule has 0 atom stereocenters. The van der Waals surface area contributed by atoms with Crippen LogP contribution in [0.3, 0.4) is 0 Å². The lowest BCUT2D eigenvalue weighted by molar-refractivity contribution is 0.0800. The van der Waals surface area contributed by atoms with Crippen molar-refractivity contribution in [3.8, 4) is 0 Å². The summed E-state index contributed by atoms with van der Waals surface area (Å²) in [6.07, 6.45) is 0.888. The van der Waals surface area contributed by atoms with Gasteiger partial charge in [-0.3, -0.25) is 4.79 Å². The smallest absolute Gasteiger partial charge is 0.265 e. The summed E-state index contributed by atoms with van der Waals surface area (Å²) in [4.78, 5) is 18.9. The van der Waals surface area contributed by atoms with Crippen molar-refractivity contribution in [1.82, 2.24) is 15.2 Å². The van der Waals surface area contributed by atoms with E-state index in [9.17, 15) is 4.79 Å². The van der Waals surface area contributed by atoms with Gasteiger partial charge in [0.15, 0.2) is 0 Å². The molecule has 0 unspecified atom stereocenters. The van der Waals surface area contributed by atoms with Crippen molar-refractivity contribution < 1.29 is 4.79 Å². The molecule has 0 aliphatic heterocycles. The molecule has 0 aromatic carbocycles. The second kappa shape index (κ2) is 5.96. The highest BCUT2D eigenvalue weighted by Crippen LogP contribution is 2.19. The number of carbonyl (C=O) groups excluding carboxylic acids is 1. The number of nitrogens with zero attached hydrogens (tertiary/aromatic N) is 2. The van der Waals surface area contributed by atoms with Gasteiger partial charge in [0, 0.05) is 20.1 Å². The maximum absolute atomic E-state index is 12.1. The van der Waals surface area contributed by atoms with E-state index in [1.807, 2.05) is 21.0 Å². The normalized spacial score (nSPS) is 10.5. The molecule has 0 saturated heterocycles. The molecule has 0 saturated carbocycles. The SMILES string of the molecule is CCc1nc(C)c(C(=O)N(C)CCNC)s1. The van der Waals surface area contributed by atoms with Crippen LogP contribution in [0.15, 0.2) is 0 Å². The minimum atomic E-state index is 0.0740. The van der Waals surface area contributed by atoms with E-state index in [0.29, 0.717) is 6.54 Å². The minimum Gasteiger partial charge on any atom is -0.340 e. The monoisotopic (exact) mass is 241 g/mol. The minimum absolute atomic E-state index is 0.0740. The van der Waals surface area contributed by atoms with Gasteiger partial charge in [-0.05, 0) is 20.4 Å². The van der Waals surface area contributed by atoms with Crippen LogP contribution in [-0.4, -0.2) is 43.0 Å². The Bertz CT molecular complexity index is 362. The number of hydrogen-bond acceptors (Lipinski definition) is 4. The van der Waals surface area contributed by atoms with Gasteiger partial charge in [-0.2, -0.15) is 0 Å². The van der Waals surface area contributed by atoms with Crippen LogP contribution < -0.4 is 5.32 Å². The van der Waals surface area contributed by atoms with Crippen molar-refractivity contribution in [1.29, 1.82) is 0 Å². The van der Waals surface area contributed by atoms with Crippen LogP contribution in [0.1, 0.15) is 27.3 Å². The summed E-state index contributed by atoms with van der Waals surface area (Å²) < 4.78 is 0. The van der Waals surface area contributed by atoms with Crippen molar-refractivity contribution in [2.45, 2.75) is 20.3 Å². The van der Waals surface area contributed by atoms with Gasteiger partial charge in [-0.25, -0.2) is 4.98 Å². The number of aromatic nitrogens is 1. The Balaban J connectivity index is 2.75. The fourth-order valence-corrected chi connectivity index (χ4v) is 2.36. The Morgan fingerprint density at radius 3 is 2.75 bits per heavy atom. The van der Waals surface area contributed by atoms with E-state index in [4.69, 9.17) is 0 Å². The zero-order valence-corrected chi connectivity index (χ0v) is 11.1. The zero-order chi connectivity index (χ0) is 12.1. The number of carbonyl (C=O) groups is 1. The highest BCUT2D eigenvalue weighted by Gasteiger charge is 2.17. The highest BCUT2D eigenvalue weighted by atomic mass is 32.1. The van der Waals surface area contributed by atoms with E-state index >= 15 is 0 Å². The fourth-order valence-electron chi connectivity index (χ4n) is 1.36. The predicted octanol–water partition coefficient (Wildman–Crippen LogP) is 1.31. The Morgan fingerprint density at radius 2 is 2.25 bits per heavy atom. The van der Waals surface area contributed by atoms with Gasteiger partial charge in [0.05, 0.1) is 10.7 Å². The maximum atomic E-state index is 12.1. The third-order valence-corrected chi connectivity index (χ3v) is 3.67. The topological polar surface area (TPSA) is 45.2 Å².